The highest BCUT2D eigenvalue weighted by atomic mass is 16.6. The largest absolute Gasteiger partial charge is 0.481 e. The Bertz CT molecular complexity index is 1330. The van der Waals surface area contributed by atoms with Crippen molar-refractivity contribution in [3.8, 4) is 11.1 Å². The zero-order chi connectivity index (χ0) is 34.3. The van der Waals surface area contributed by atoms with Crippen LogP contribution in [0.25, 0.3) is 11.1 Å². The third-order valence-electron chi connectivity index (χ3n) is 9.63. The van der Waals surface area contributed by atoms with E-state index in [0.29, 0.717) is 6.42 Å². The molecule has 0 bridgehead atoms. The highest BCUT2D eigenvalue weighted by Gasteiger charge is 2.40. The molecule has 2 amide bonds. The summed E-state index contributed by atoms with van der Waals surface area (Å²) in [6.45, 7) is 11.6. The van der Waals surface area contributed by atoms with Gasteiger partial charge in [-0.15, -0.1) is 0 Å². The number of ketones is 1. The van der Waals surface area contributed by atoms with Crippen molar-refractivity contribution < 1.29 is 33.8 Å². The summed E-state index contributed by atoms with van der Waals surface area (Å²) in [6, 6.07) is 14.9. The molecule has 0 saturated carbocycles. The van der Waals surface area contributed by atoms with Crippen LogP contribution in [0.15, 0.2) is 48.5 Å². The number of nitrogens with zero attached hydrogens (tertiary/aromatic N) is 2. The summed E-state index contributed by atoms with van der Waals surface area (Å²) >= 11 is 0. The lowest BCUT2D eigenvalue weighted by molar-refractivity contribution is -0.149. The van der Waals surface area contributed by atoms with Gasteiger partial charge in [0.2, 0.25) is 5.91 Å². The minimum Gasteiger partial charge on any atom is -0.481 e. The van der Waals surface area contributed by atoms with Crippen molar-refractivity contribution >= 4 is 23.8 Å². The molecule has 0 heterocycles. The summed E-state index contributed by atoms with van der Waals surface area (Å²) < 4.78 is 11.4. The quantitative estimate of drug-likeness (QED) is 0.224. The van der Waals surface area contributed by atoms with Gasteiger partial charge in [-0.2, -0.15) is 0 Å². The lowest BCUT2D eigenvalue weighted by Crippen LogP contribution is -2.53. The zero-order valence-corrected chi connectivity index (χ0v) is 28.9. The van der Waals surface area contributed by atoms with Crippen molar-refractivity contribution in [2.45, 2.75) is 84.9 Å². The van der Waals surface area contributed by atoms with Gasteiger partial charge in [0.15, 0.2) is 5.78 Å². The molecular weight excluding hydrogens is 584 g/mol. The Labute approximate surface area is 274 Å². The van der Waals surface area contributed by atoms with Crippen molar-refractivity contribution in [3.05, 3.63) is 59.7 Å². The maximum absolute atomic E-state index is 14.0. The van der Waals surface area contributed by atoms with Crippen molar-refractivity contribution in [1.82, 2.24) is 9.80 Å². The summed E-state index contributed by atoms with van der Waals surface area (Å²) in [5.41, 5.74) is 4.47. The SMILES string of the molecule is CC[C@H](C)[C@@H]([C@@H](CC(=O)O)OC)N(C)C(=O)[C@@H](CC(=O)[C@H](C(C)C)N(C)C(=O)OCC1c2ccccc2-c2ccccc21)C(C)C. The number of hydrogen-bond donors (Lipinski definition) is 1. The second-order valence-corrected chi connectivity index (χ2v) is 13.3. The van der Waals surface area contributed by atoms with E-state index in [9.17, 15) is 24.3 Å². The molecule has 0 saturated heterocycles. The van der Waals surface area contributed by atoms with Gasteiger partial charge >= 0.3 is 12.1 Å². The molecule has 5 atom stereocenters. The van der Waals surface area contributed by atoms with E-state index in [1.165, 1.54) is 12.0 Å². The van der Waals surface area contributed by atoms with E-state index in [0.717, 1.165) is 22.3 Å². The number of fused-ring (bicyclic) bond motifs is 3. The topological polar surface area (TPSA) is 113 Å². The number of hydrogen-bond acceptors (Lipinski definition) is 6. The molecule has 46 heavy (non-hydrogen) atoms. The van der Waals surface area contributed by atoms with Crippen LogP contribution in [0.5, 0.6) is 0 Å². The van der Waals surface area contributed by atoms with Gasteiger partial charge < -0.3 is 24.4 Å². The predicted octanol–water partition coefficient (Wildman–Crippen LogP) is 6.49. The number of methoxy groups -OCH3 is 1. The first-order valence-electron chi connectivity index (χ1n) is 16.4. The molecule has 0 unspecified atom stereocenters. The van der Waals surface area contributed by atoms with Crippen LogP contribution >= 0.6 is 0 Å². The fourth-order valence-electron chi connectivity index (χ4n) is 6.95. The Morgan fingerprint density at radius 1 is 0.826 bits per heavy atom. The van der Waals surface area contributed by atoms with Gasteiger partial charge in [-0.05, 0) is 40.0 Å². The van der Waals surface area contributed by atoms with Gasteiger partial charge in [-0.3, -0.25) is 14.4 Å². The number of amides is 2. The average molecular weight is 637 g/mol. The summed E-state index contributed by atoms with van der Waals surface area (Å²) in [6.07, 6.45) is -0.878. The van der Waals surface area contributed by atoms with Crippen molar-refractivity contribution in [1.29, 1.82) is 0 Å². The van der Waals surface area contributed by atoms with Crippen molar-refractivity contribution in [2.24, 2.45) is 23.7 Å². The number of carboxylic acids is 1. The van der Waals surface area contributed by atoms with E-state index in [1.54, 1.807) is 19.0 Å². The minimum absolute atomic E-state index is 0.0372. The Morgan fingerprint density at radius 3 is 1.83 bits per heavy atom. The number of benzene rings is 2. The molecule has 9 heteroatoms. The summed E-state index contributed by atoms with van der Waals surface area (Å²) in [7, 11) is 4.70. The molecule has 0 aromatic heterocycles. The molecule has 1 N–H and O–H groups in total. The van der Waals surface area contributed by atoms with E-state index in [2.05, 4.69) is 24.3 Å². The maximum Gasteiger partial charge on any atom is 0.410 e. The van der Waals surface area contributed by atoms with Crippen molar-refractivity contribution in [3.63, 3.8) is 0 Å². The predicted molar refractivity (Wildman–Crippen MR) is 178 cm³/mol. The Morgan fingerprint density at radius 2 is 1.37 bits per heavy atom. The highest BCUT2D eigenvalue weighted by Crippen LogP contribution is 2.44. The van der Waals surface area contributed by atoms with Gasteiger partial charge in [0.25, 0.3) is 0 Å². The monoisotopic (exact) mass is 636 g/mol. The minimum atomic E-state index is -1.01. The summed E-state index contributed by atoms with van der Waals surface area (Å²) in [5.74, 6) is -2.68. The van der Waals surface area contributed by atoms with Crippen LogP contribution in [-0.4, -0.2) is 84.7 Å². The molecule has 0 spiro atoms. The zero-order valence-electron chi connectivity index (χ0n) is 28.9. The van der Waals surface area contributed by atoms with Crippen LogP contribution in [0.4, 0.5) is 4.79 Å². The standard InChI is InChI=1S/C37H52N2O7/c1-10-24(6)35(32(45-9)20-33(41)42)38(7)36(43)29(22(2)3)19-31(40)34(23(4)5)39(8)37(44)46-21-30-27-17-13-11-15-25(27)26-16-12-14-18-28(26)30/h11-18,22-24,29-30,32,34-35H,10,19-21H2,1-9H3,(H,41,42)/t24-,29-,32+,34-,35-/m0/s1. The van der Waals surface area contributed by atoms with Gasteiger partial charge in [-0.25, -0.2) is 4.79 Å². The van der Waals surface area contributed by atoms with Gasteiger partial charge in [0.1, 0.15) is 6.61 Å². The number of rotatable bonds is 16. The molecule has 1 aliphatic carbocycles. The van der Waals surface area contributed by atoms with Crippen LogP contribution in [0, 0.1) is 23.7 Å². The normalized spacial score (nSPS) is 15.8. The van der Waals surface area contributed by atoms with Crippen LogP contribution < -0.4 is 0 Å². The van der Waals surface area contributed by atoms with E-state index in [1.807, 2.05) is 65.8 Å². The summed E-state index contributed by atoms with van der Waals surface area (Å²) in [4.78, 5) is 55.9. The fraction of sp³-hybridized carbons (Fsp3) is 0.568. The third-order valence-corrected chi connectivity index (χ3v) is 9.63. The smallest absolute Gasteiger partial charge is 0.410 e. The molecular formula is C37H52N2O7. The number of aliphatic carboxylic acids is 1. The van der Waals surface area contributed by atoms with E-state index < -0.39 is 36.2 Å². The van der Waals surface area contributed by atoms with E-state index >= 15 is 0 Å². The van der Waals surface area contributed by atoms with Crippen LogP contribution in [0.2, 0.25) is 0 Å². The number of carbonyl (C=O) groups excluding carboxylic acids is 3. The van der Waals surface area contributed by atoms with Crippen LogP contribution in [-0.2, 0) is 23.9 Å². The highest BCUT2D eigenvalue weighted by molar-refractivity contribution is 5.92. The van der Waals surface area contributed by atoms with E-state index in [-0.39, 0.29) is 54.8 Å². The van der Waals surface area contributed by atoms with Gasteiger partial charge in [-0.1, -0.05) is 96.5 Å². The lowest BCUT2D eigenvalue weighted by Gasteiger charge is -2.39. The molecule has 252 valence electrons. The molecule has 2 aromatic carbocycles. The molecule has 0 radical (unpaired) electrons. The number of carboxylic acid groups (broad SMARTS) is 1. The summed E-state index contributed by atoms with van der Waals surface area (Å²) in [5, 5.41) is 9.48. The Hall–Kier alpha value is -3.72. The second-order valence-electron chi connectivity index (χ2n) is 13.3. The molecule has 2 aromatic rings. The van der Waals surface area contributed by atoms with Gasteiger partial charge in [0.05, 0.1) is 24.6 Å². The lowest BCUT2D eigenvalue weighted by atomic mass is 9.83. The second kappa shape index (κ2) is 16.2. The molecule has 1 aliphatic rings. The molecule has 0 fully saturated rings. The maximum atomic E-state index is 14.0. The number of ether oxygens (including phenoxy) is 2. The van der Waals surface area contributed by atoms with E-state index in [4.69, 9.17) is 9.47 Å². The first-order valence-corrected chi connectivity index (χ1v) is 16.4. The average Bonchev–Trinajstić information content (AvgIpc) is 3.34. The van der Waals surface area contributed by atoms with Crippen molar-refractivity contribution in [2.75, 3.05) is 27.8 Å². The number of Topliss-reactive ketones (excluding diaryl/α,β-unsaturated/α-hetero) is 1. The van der Waals surface area contributed by atoms with Crippen LogP contribution in [0.1, 0.15) is 77.8 Å². The van der Waals surface area contributed by atoms with Gasteiger partial charge in [0, 0.05) is 39.5 Å². The fourth-order valence-corrected chi connectivity index (χ4v) is 6.95. The molecule has 0 aliphatic heterocycles. The molecule has 3 rings (SSSR count). The Balaban J connectivity index is 1.76. The number of likely N-dealkylation sites (N-methyl/N-ethyl adjacent to an activating group) is 2. The molecule has 9 nitrogen and oxygen atoms in total. The first-order chi connectivity index (χ1) is 21.7. The first kappa shape index (κ1) is 36.7. The number of carbonyl (C=O) groups is 4. The Kier molecular flexibility index (Phi) is 12.9. The third kappa shape index (κ3) is 8.16. The van der Waals surface area contributed by atoms with Crippen LogP contribution in [0.3, 0.4) is 0 Å².